The highest BCUT2D eigenvalue weighted by Crippen LogP contribution is 2.48. The molecule has 102 valence electrons. The number of aliphatic hydroxyl groups is 1. The maximum Gasteiger partial charge on any atom is 0.319 e. The molecule has 2 aliphatic rings. The monoisotopic (exact) mass is 260 g/mol. The normalized spacial score (nSPS) is 32.3. The van der Waals surface area contributed by atoms with Crippen molar-refractivity contribution in [2.45, 2.75) is 25.3 Å². The average Bonchev–Trinajstić information content (AvgIpc) is 3.00. The van der Waals surface area contributed by atoms with Gasteiger partial charge in [0, 0.05) is 24.3 Å². The first kappa shape index (κ1) is 12.5. The first-order chi connectivity index (χ1) is 9.28. The van der Waals surface area contributed by atoms with Crippen LogP contribution in [0.1, 0.15) is 19.3 Å². The lowest BCUT2D eigenvalue weighted by Crippen LogP contribution is -2.46. The van der Waals surface area contributed by atoms with Gasteiger partial charge in [-0.2, -0.15) is 0 Å². The summed E-state index contributed by atoms with van der Waals surface area (Å²) >= 11 is 0. The summed E-state index contributed by atoms with van der Waals surface area (Å²) in [5.74, 6) is 1.38. The number of nitrogens with one attached hydrogen (secondary N) is 2. The van der Waals surface area contributed by atoms with Gasteiger partial charge in [-0.05, 0) is 43.2 Å². The van der Waals surface area contributed by atoms with E-state index in [0.29, 0.717) is 11.8 Å². The van der Waals surface area contributed by atoms with Gasteiger partial charge in [0.1, 0.15) is 0 Å². The summed E-state index contributed by atoms with van der Waals surface area (Å²) in [6, 6.07) is 9.40. The Labute approximate surface area is 113 Å². The van der Waals surface area contributed by atoms with E-state index in [1.165, 1.54) is 12.8 Å². The first-order valence-corrected chi connectivity index (χ1v) is 7.01. The average molecular weight is 260 g/mol. The number of fused-ring (bicyclic) bond motifs is 2. The molecular weight excluding hydrogens is 240 g/mol. The number of benzene rings is 1. The Morgan fingerprint density at radius 1 is 1.21 bits per heavy atom. The lowest BCUT2D eigenvalue weighted by molar-refractivity contribution is 0.146. The summed E-state index contributed by atoms with van der Waals surface area (Å²) in [5.41, 5.74) is 0.795. The second-order valence-corrected chi connectivity index (χ2v) is 5.67. The van der Waals surface area contributed by atoms with Crippen LogP contribution >= 0.6 is 0 Å². The summed E-state index contributed by atoms with van der Waals surface area (Å²) in [5, 5.41) is 15.4. The van der Waals surface area contributed by atoms with Crippen LogP contribution in [0.4, 0.5) is 10.5 Å². The minimum atomic E-state index is -0.165. The lowest BCUT2D eigenvalue weighted by atomic mass is 9.85. The van der Waals surface area contributed by atoms with Crippen LogP contribution < -0.4 is 10.6 Å². The molecule has 0 spiro atoms. The van der Waals surface area contributed by atoms with Crippen LogP contribution in [-0.2, 0) is 0 Å². The number of para-hydroxylation sites is 1. The van der Waals surface area contributed by atoms with Crippen molar-refractivity contribution >= 4 is 11.7 Å². The number of aliphatic hydroxyl groups excluding tert-OH is 1. The molecule has 2 saturated carbocycles. The Morgan fingerprint density at radius 3 is 2.68 bits per heavy atom. The SMILES string of the molecule is O=C(Nc1ccccc1)N[C@@H]1[C@H]2CC[C@@H](C2)[C@@H]1CO. The van der Waals surface area contributed by atoms with Gasteiger partial charge in [-0.15, -0.1) is 0 Å². The molecule has 1 aromatic rings. The number of rotatable bonds is 3. The zero-order chi connectivity index (χ0) is 13.2. The van der Waals surface area contributed by atoms with Gasteiger partial charge in [-0.1, -0.05) is 18.2 Å². The maximum atomic E-state index is 12.0. The standard InChI is InChI=1S/C15H20N2O2/c18-9-13-10-6-7-11(8-10)14(13)17-15(19)16-12-4-2-1-3-5-12/h1-5,10-11,13-14,18H,6-9H2,(H2,16,17,19)/t10-,11-,13-,14+/m0/s1. The molecule has 0 radical (unpaired) electrons. The van der Waals surface area contributed by atoms with Crippen molar-refractivity contribution < 1.29 is 9.90 Å². The van der Waals surface area contributed by atoms with E-state index in [-0.39, 0.29) is 24.6 Å². The van der Waals surface area contributed by atoms with Gasteiger partial charge in [-0.25, -0.2) is 4.79 Å². The van der Waals surface area contributed by atoms with Crippen molar-refractivity contribution in [3.63, 3.8) is 0 Å². The van der Waals surface area contributed by atoms with E-state index in [1.807, 2.05) is 30.3 Å². The van der Waals surface area contributed by atoms with Crippen molar-refractivity contribution in [3.05, 3.63) is 30.3 Å². The molecule has 4 heteroatoms. The Morgan fingerprint density at radius 2 is 1.95 bits per heavy atom. The van der Waals surface area contributed by atoms with E-state index in [9.17, 15) is 9.90 Å². The minimum Gasteiger partial charge on any atom is -0.396 e. The maximum absolute atomic E-state index is 12.0. The molecule has 2 bridgehead atoms. The van der Waals surface area contributed by atoms with Gasteiger partial charge in [0.05, 0.1) is 0 Å². The van der Waals surface area contributed by atoms with Crippen LogP contribution in [0.15, 0.2) is 30.3 Å². The second-order valence-electron chi connectivity index (χ2n) is 5.67. The fraction of sp³-hybridized carbons (Fsp3) is 0.533. The molecule has 3 rings (SSSR count). The van der Waals surface area contributed by atoms with Crippen LogP contribution in [-0.4, -0.2) is 23.8 Å². The van der Waals surface area contributed by atoms with E-state index in [0.717, 1.165) is 12.1 Å². The van der Waals surface area contributed by atoms with Gasteiger partial charge >= 0.3 is 6.03 Å². The highest BCUT2D eigenvalue weighted by Gasteiger charge is 2.47. The molecule has 3 N–H and O–H groups in total. The van der Waals surface area contributed by atoms with Gasteiger partial charge in [-0.3, -0.25) is 0 Å². The lowest BCUT2D eigenvalue weighted by Gasteiger charge is -2.30. The Bertz CT molecular complexity index is 449. The van der Waals surface area contributed by atoms with Crippen LogP contribution in [0, 0.1) is 17.8 Å². The number of hydrogen-bond acceptors (Lipinski definition) is 2. The summed E-state index contributed by atoms with van der Waals surface area (Å²) in [4.78, 5) is 12.0. The number of anilines is 1. The van der Waals surface area contributed by atoms with Gasteiger partial charge in [0.15, 0.2) is 0 Å². The number of urea groups is 1. The number of hydrogen-bond donors (Lipinski definition) is 3. The van der Waals surface area contributed by atoms with Crippen molar-refractivity contribution in [1.82, 2.24) is 5.32 Å². The van der Waals surface area contributed by atoms with Crippen molar-refractivity contribution in [2.75, 3.05) is 11.9 Å². The Hall–Kier alpha value is -1.55. The molecule has 19 heavy (non-hydrogen) atoms. The minimum absolute atomic E-state index is 0.132. The molecule has 1 aromatic carbocycles. The smallest absolute Gasteiger partial charge is 0.319 e. The molecular formula is C15H20N2O2. The fourth-order valence-corrected chi connectivity index (χ4v) is 3.74. The van der Waals surface area contributed by atoms with Crippen molar-refractivity contribution in [1.29, 1.82) is 0 Å². The summed E-state index contributed by atoms with van der Waals surface area (Å²) < 4.78 is 0. The van der Waals surface area contributed by atoms with Gasteiger partial charge in [0.2, 0.25) is 0 Å². The van der Waals surface area contributed by atoms with E-state index in [4.69, 9.17) is 0 Å². The Kier molecular flexibility index (Phi) is 3.42. The largest absolute Gasteiger partial charge is 0.396 e. The molecule has 4 atom stereocenters. The van der Waals surface area contributed by atoms with Crippen LogP contribution in [0.2, 0.25) is 0 Å². The third kappa shape index (κ3) is 2.45. The topological polar surface area (TPSA) is 61.4 Å². The van der Waals surface area contributed by atoms with E-state index in [1.54, 1.807) is 0 Å². The summed E-state index contributed by atoms with van der Waals surface area (Å²) in [6.45, 7) is 0.178. The molecule has 0 unspecified atom stereocenters. The van der Waals surface area contributed by atoms with Gasteiger partial charge in [0.25, 0.3) is 0 Å². The third-order valence-corrected chi connectivity index (χ3v) is 4.63. The summed E-state index contributed by atoms with van der Waals surface area (Å²) in [6.07, 6.45) is 3.54. The predicted octanol–water partition coefficient (Wildman–Crippen LogP) is 2.22. The second kappa shape index (κ2) is 5.21. The van der Waals surface area contributed by atoms with Gasteiger partial charge < -0.3 is 15.7 Å². The van der Waals surface area contributed by atoms with Crippen molar-refractivity contribution in [2.24, 2.45) is 17.8 Å². The highest BCUT2D eigenvalue weighted by molar-refractivity contribution is 5.89. The number of amides is 2. The van der Waals surface area contributed by atoms with Crippen LogP contribution in [0.25, 0.3) is 0 Å². The van der Waals surface area contributed by atoms with Crippen LogP contribution in [0.3, 0.4) is 0 Å². The predicted molar refractivity (Wildman–Crippen MR) is 73.8 cm³/mol. The highest BCUT2D eigenvalue weighted by atomic mass is 16.3. The molecule has 4 nitrogen and oxygen atoms in total. The molecule has 0 aromatic heterocycles. The Balaban J connectivity index is 1.60. The van der Waals surface area contributed by atoms with Crippen molar-refractivity contribution in [3.8, 4) is 0 Å². The van der Waals surface area contributed by atoms with E-state index in [2.05, 4.69) is 10.6 Å². The fourth-order valence-electron chi connectivity index (χ4n) is 3.74. The molecule has 2 aliphatic carbocycles. The third-order valence-electron chi connectivity index (χ3n) is 4.63. The van der Waals surface area contributed by atoms with Crippen LogP contribution in [0.5, 0.6) is 0 Å². The van der Waals surface area contributed by atoms with E-state index < -0.39 is 0 Å². The molecule has 2 fully saturated rings. The zero-order valence-electron chi connectivity index (χ0n) is 10.9. The molecule has 0 aliphatic heterocycles. The molecule has 0 saturated heterocycles. The number of carbonyl (C=O) groups is 1. The zero-order valence-corrected chi connectivity index (χ0v) is 10.9. The quantitative estimate of drug-likeness (QED) is 0.780. The number of carbonyl (C=O) groups excluding carboxylic acids is 1. The van der Waals surface area contributed by atoms with E-state index >= 15 is 0 Å². The first-order valence-electron chi connectivity index (χ1n) is 7.01. The molecule has 0 heterocycles. The summed E-state index contributed by atoms with van der Waals surface area (Å²) in [7, 11) is 0. The molecule has 2 amide bonds.